The molecule has 0 spiro atoms. The lowest BCUT2D eigenvalue weighted by molar-refractivity contribution is 0.0635. The number of carbonyl (C=O) groups is 1. The highest BCUT2D eigenvalue weighted by atomic mass is 16.6. The van der Waals surface area contributed by atoms with E-state index in [-0.39, 0.29) is 0 Å². The number of methoxy groups -OCH3 is 1. The molecule has 1 aliphatic rings. The Kier molecular flexibility index (Phi) is 7.77. The molecule has 0 atom stereocenters. The van der Waals surface area contributed by atoms with Gasteiger partial charge in [-0.25, -0.2) is 14.3 Å². The van der Waals surface area contributed by atoms with Crippen LogP contribution in [0.2, 0.25) is 0 Å². The maximum atomic E-state index is 12.4. The number of nitrogens with zero attached hydrogens (tertiary/aromatic N) is 4. The van der Waals surface area contributed by atoms with E-state index in [1.54, 1.807) is 7.11 Å². The molecule has 1 saturated heterocycles. The second-order valence-corrected chi connectivity index (χ2v) is 10.6. The van der Waals surface area contributed by atoms with Gasteiger partial charge in [0.05, 0.1) is 12.8 Å². The first-order chi connectivity index (χ1) is 17.6. The molecule has 4 N–H and O–H groups in total. The number of benzene rings is 1. The number of anilines is 3. The Labute approximate surface area is 218 Å². The molecule has 2 aromatic heterocycles. The SMILES string of the molecule is CNCCC1CCN(c2c(C)c(-c3ccc(NC(=O)OC(C)(C)C)c(OC)c3)c3c(N)ncnn23)CC1. The number of hydrogen-bond acceptors (Lipinski definition) is 8. The van der Waals surface area contributed by atoms with Crippen molar-refractivity contribution in [2.24, 2.45) is 5.92 Å². The number of hydrogen-bond donors (Lipinski definition) is 3. The average Bonchev–Trinajstić information content (AvgIpc) is 3.15. The molecule has 0 bridgehead atoms. The number of rotatable bonds is 7. The second-order valence-electron chi connectivity index (χ2n) is 10.6. The van der Waals surface area contributed by atoms with Gasteiger partial charge in [-0.1, -0.05) is 6.07 Å². The number of carbonyl (C=O) groups excluding carboxylic acids is 1. The summed E-state index contributed by atoms with van der Waals surface area (Å²) in [5, 5.41) is 10.6. The zero-order valence-electron chi connectivity index (χ0n) is 22.7. The van der Waals surface area contributed by atoms with E-state index in [2.05, 4.69) is 32.5 Å². The van der Waals surface area contributed by atoms with Crippen LogP contribution in [0, 0.1) is 12.8 Å². The molecule has 3 heterocycles. The third kappa shape index (κ3) is 5.74. The molecule has 1 fully saturated rings. The van der Waals surface area contributed by atoms with Crippen molar-refractivity contribution < 1.29 is 14.3 Å². The number of nitrogens with one attached hydrogen (secondary N) is 2. The van der Waals surface area contributed by atoms with E-state index in [1.165, 1.54) is 12.7 Å². The van der Waals surface area contributed by atoms with Gasteiger partial charge < -0.3 is 25.4 Å². The summed E-state index contributed by atoms with van der Waals surface area (Å²) in [7, 11) is 3.58. The lowest BCUT2D eigenvalue weighted by Gasteiger charge is -2.33. The van der Waals surface area contributed by atoms with Crippen LogP contribution in [-0.4, -0.2) is 60.1 Å². The summed E-state index contributed by atoms with van der Waals surface area (Å²) in [5.74, 6) is 2.70. The van der Waals surface area contributed by atoms with Gasteiger partial charge >= 0.3 is 6.09 Å². The van der Waals surface area contributed by atoms with Crippen LogP contribution in [0.25, 0.3) is 16.6 Å². The first kappa shape index (κ1) is 26.5. The molecule has 1 amide bonds. The molecule has 0 radical (unpaired) electrons. The van der Waals surface area contributed by atoms with Crippen LogP contribution in [0.1, 0.15) is 45.6 Å². The standard InChI is InChI=1S/C27H39N7O3/c1-17-22(19-7-8-20(21(15-19)36-6)32-26(35)37-27(2,3)4)23-24(28)30-16-31-34(23)25(17)33-13-10-18(11-14-33)9-12-29-5/h7-8,15-16,18,29H,9-14H2,1-6H3,(H,32,35)(H2,28,30,31). The maximum Gasteiger partial charge on any atom is 0.412 e. The lowest BCUT2D eigenvalue weighted by Crippen LogP contribution is -2.35. The molecule has 37 heavy (non-hydrogen) atoms. The van der Waals surface area contributed by atoms with Gasteiger partial charge in [-0.3, -0.25) is 5.32 Å². The van der Waals surface area contributed by atoms with Gasteiger partial charge in [0.25, 0.3) is 0 Å². The largest absolute Gasteiger partial charge is 0.495 e. The Bertz CT molecular complexity index is 1260. The van der Waals surface area contributed by atoms with Gasteiger partial charge in [0.2, 0.25) is 0 Å². The Morgan fingerprint density at radius 1 is 1.24 bits per heavy atom. The van der Waals surface area contributed by atoms with Gasteiger partial charge in [-0.2, -0.15) is 5.10 Å². The van der Waals surface area contributed by atoms with E-state index in [9.17, 15) is 4.79 Å². The number of amides is 1. The first-order valence-corrected chi connectivity index (χ1v) is 12.8. The molecule has 1 aliphatic heterocycles. The Morgan fingerprint density at radius 3 is 2.62 bits per heavy atom. The van der Waals surface area contributed by atoms with Crippen LogP contribution < -0.4 is 26.0 Å². The fraction of sp³-hybridized carbons (Fsp3) is 0.519. The fourth-order valence-electron chi connectivity index (χ4n) is 5.08. The zero-order chi connectivity index (χ0) is 26.7. The van der Waals surface area contributed by atoms with E-state index in [4.69, 9.17) is 15.2 Å². The lowest BCUT2D eigenvalue weighted by atomic mass is 9.93. The van der Waals surface area contributed by atoms with Crippen LogP contribution in [0.5, 0.6) is 5.75 Å². The third-order valence-corrected chi connectivity index (χ3v) is 6.81. The third-order valence-electron chi connectivity index (χ3n) is 6.81. The van der Waals surface area contributed by atoms with Gasteiger partial charge in [-0.05, 0) is 84.2 Å². The molecule has 3 aromatic rings. The summed E-state index contributed by atoms with van der Waals surface area (Å²) in [6.07, 6.45) is 4.44. The number of ether oxygens (including phenoxy) is 2. The van der Waals surface area contributed by atoms with E-state index in [1.807, 2.05) is 50.5 Å². The quantitative estimate of drug-likeness (QED) is 0.427. The second kappa shape index (κ2) is 10.8. The fourth-order valence-corrected chi connectivity index (χ4v) is 5.08. The van der Waals surface area contributed by atoms with Crippen LogP contribution in [0.4, 0.5) is 22.1 Å². The van der Waals surface area contributed by atoms with Crippen LogP contribution >= 0.6 is 0 Å². The number of aromatic nitrogens is 3. The van der Waals surface area contributed by atoms with Crippen LogP contribution in [0.15, 0.2) is 24.5 Å². The average molecular weight is 510 g/mol. The Balaban J connectivity index is 1.70. The highest BCUT2D eigenvalue weighted by Gasteiger charge is 2.28. The van der Waals surface area contributed by atoms with Crippen molar-refractivity contribution in [3.8, 4) is 16.9 Å². The van der Waals surface area contributed by atoms with E-state index in [0.29, 0.717) is 17.3 Å². The van der Waals surface area contributed by atoms with Crippen molar-refractivity contribution >= 4 is 28.9 Å². The predicted octanol–water partition coefficient (Wildman–Crippen LogP) is 4.47. The van der Waals surface area contributed by atoms with Crippen molar-refractivity contribution in [1.82, 2.24) is 19.9 Å². The number of piperidine rings is 1. The number of nitrogens with two attached hydrogens (primary N) is 1. The smallest absolute Gasteiger partial charge is 0.412 e. The molecule has 10 heteroatoms. The van der Waals surface area contributed by atoms with Crippen molar-refractivity contribution in [2.75, 3.05) is 49.7 Å². The summed E-state index contributed by atoms with van der Waals surface area (Å²) in [6, 6.07) is 5.65. The minimum absolute atomic E-state index is 0.415. The number of fused-ring (bicyclic) bond motifs is 1. The summed E-state index contributed by atoms with van der Waals surface area (Å²) in [4.78, 5) is 19.0. The highest BCUT2D eigenvalue weighted by Crippen LogP contribution is 2.42. The predicted molar refractivity (Wildman–Crippen MR) is 147 cm³/mol. The van der Waals surface area contributed by atoms with Gasteiger partial charge in [0.1, 0.15) is 29.0 Å². The minimum atomic E-state index is -0.602. The monoisotopic (exact) mass is 509 g/mol. The normalized spacial score (nSPS) is 14.7. The molecule has 0 aliphatic carbocycles. The summed E-state index contributed by atoms with van der Waals surface area (Å²) in [6.45, 7) is 10.5. The Morgan fingerprint density at radius 2 is 1.97 bits per heavy atom. The Hall–Kier alpha value is -3.53. The van der Waals surface area contributed by atoms with Crippen molar-refractivity contribution in [1.29, 1.82) is 0 Å². The van der Waals surface area contributed by atoms with Crippen LogP contribution in [-0.2, 0) is 4.74 Å². The molecule has 1 aromatic carbocycles. The minimum Gasteiger partial charge on any atom is -0.495 e. The van der Waals surface area contributed by atoms with E-state index >= 15 is 0 Å². The summed E-state index contributed by atoms with van der Waals surface area (Å²) in [5.41, 5.74) is 10.0. The molecule has 4 rings (SSSR count). The molecule has 0 saturated carbocycles. The van der Waals surface area contributed by atoms with Gasteiger partial charge in [0, 0.05) is 24.2 Å². The molecular formula is C27H39N7O3. The molecule has 10 nitrogen and oxygen atoms in total. The van der Waals surface area contributed by atoms with E-state index in [0.717, 1.165) is 66.4 Å². The van der Waals surface area contributed by atoms with E-state index < -0.39 is 11.7 Å². The molecular weight excluding hydrogens is 470 g/mol. The maximum absolute atomic E-state index is 12.4. The van der Waals surface area contributed by atoms with Gasteiger partial charge in [-0.15, -0.1) is 0 Å². The zero-order valence-corrected chi connectivity index (χ0v) is 22.7. The first-order valence-electron chi connectivity index (χ1n) is 12.8. The highest BCUT2D eigenvalue weighted by molar-refractivity contribution is 5.95. The molecule has 200 valence electrons. The topological polar surface area (TPSA) is 119 Å². The van der Waals surface area contributed by atoms with Crippen LogP contribution in [0.3, 0.4) is 0 Å². The molecule has 0 unspecified atom stereocenters. The summed E-state index contributed by atoms with van der Waals surface area (Å²) < 4.78 is 12.9. The van der Waals surface area contributed by atoms with Crippen molar-refractivity contribution in [3.05, 3.63) is 30.1 Å². The van der Waals surface area contributed by atoms with Gasteiger partial charge in [0.15, 0.2) is 5.82 Å². The van der Waals surface area contributed by atoms with Crippen molar-refractivity contribution in [3.63, 3.8) is 0 Å². The van der Waals surface area contributed by atoms with Crippen molar-refractivity contribution in [2.45, 2.75) is 52.6 Å². The summed E-state index contributed by atoms with van der Waals surface area (Å²) >= 11 is 0. The number of nitrogen functional groups attached to an aromatic ring is 1.